The molecular formula is C10H14N6O2S. The predicted octanol–water partition coefficient (Wildman–Crippen LogP) is 0.760. The van der Waals surface area contributed by atoms with E-state index in [0.717, 1.165) is 11.8 Å². The van der Waals surface area contributed by atoms with Crippen molar-refractivity contribution in [3.05, 3.63) is 6.33 Å². The van der Waals surface area contributed by atoms with Gasteiger partial charge in [-0.05, 0) is 18.7 Å². The van der Waals surface area contributed by atoms with Gasteiger partial charge >= 0.3 is 0 Å². The number of ether oxygens (including phenoxy) is 1. The summed E-state index contributed by atoms with van der Waals surface area (Å²) in [5, 5.41) is -0.0612. The van der Waals surface area contributed by atoms with Crippen molar-refractivity contribution in [3.8, 4) is 0 Å². The van der Waals surface area contributed by atoms with Crippen LogP contribution < -0.4 is 17.2 Å². The number of fused-ring (bicyclic) bond motifs is 1. The van der Waals surface area contributed by atoms with Crippen molar-refractivity contribution in [2.45, 2.75) is 18.6 Å². The summed E-state index contributed by atoms with van der Waals surface area (Å²) in [4.78, 5) is 19.6. The molecule has 0 bridgehead atoms. The van der Waals surface area contributed by atoms with Crippen LogP contribution in [0, 0.1) is 0 Å². The number of hydrogen-bond acceptors (Lipinski definition) is 7. The van der Waals surface area contributed by atoms with E-state index in [2.05, 4.69) is 9.97 Å². The van der Waals surface area contributed by atoms with Crippen molar-refractivity contribution in [2.75, 3.05) is 18.1 Å². The van der Waals surface area contributed by atoms with E-state index in [1.807, 2.05) is 6.92 Å². The third-order valence-corrected chi connectivity index (χ3v) is 3.31. The Morgan fingerprint density at radius 1 is 1.47 bits per heavy atom. The van der Waals surface area contributed by atoms with Crippen molar-refractivity contribution in [3.63, 3.8) is 0 Å². The lowest BCUT2D eigenvalue weighted by Gasteiger charge is -2.06. The molecule has 9 heteroatoms. The van der Waals surface area contributed by atoms with Gasteiger partial charge in [0.15, 0.2) is 0 Å². The summed E-state index contributed by atoms with van der Waals surface area (Å²) in [6, 6.07) is 0. The van der Waals surface area contributed by atoms with Crippen LogP contribution in [0.5, 0.6) is 0 Å². The van der Waals surface area contributed by atoms with E-state index in [9.17, 15) is 4.79 Å². The Hall–Kier alpha value is -2.00. The average Bonchev–Trinajstić information content (AvgIpc) is 2.61. The Bertz CT molecular complexity index is 626. The molecule has 0 aromatic carbocycles. The second-order valence-electron chi connectivity index (χ2n) is 3.64. The fourth-order valence-electron chi connectivity index (χ4n) is 1.69. The molecule has 0 atom stereocenters. The molecule has 0 radical (unpaired) electrons. The average molecular weight is 282 g/mol. The van der Waals surface area contributed by atoms with Gasteiger partial charge in [-0.15, -0.1) is 0 Å². The van der Waals surface area contributed by atoms with E-state index in [0.29, 0.717) is 28.4 Å². The molecule has 0 saturated heterocycles. The number of aromatic nitrogens is 3. The number of nitrogens with zero attached hydrogens (tertiary/aromatic N) is 3. The van der Waals surface area contributed by atoms with Crippen molar-refractivity contribution in [2.24, 2.45) is 5.73 Å². The summed E-state index contributed by atoms with van der Waals surface area (Å²) < 4.78 is 6.95. The van der Waals surface area contributed by atoms with Gasteiger partial charge in [-0.3, -0.25) is 9.36 Å². The highest BCUT2D eigenvalue weighted by Gasteiger charge is 2.20. The quantitative estimate of drug-likeness (QED) is 0.704. The first-order valence-corrected chi connectivity index (χ1v) is 6.31. The zero-order valence-electron chi connectivity index (χ0n) is 10.3. The lowest BCUT2D eigenvalue weighted by molar-refractivity contribution is 0.0917. The monoisotopic (exact) mass is 282 g/mol. The number of nitrogen functional groups attached to an aromatic ring is 2. The highest BCUT2D eigenvalue weighted by Crippen LogP contribution is 2.37. The smallest absolute Gasteiger partial charge is 0.281 e. The van der Waals surface area contributed by atoms with Gasteiger partial charge < -0.3 is 21.9 Å². The fraction of sp³-hybridized carbons (Fsp3) is 0.300. The zero-order valence-corrected chi connectivity index (χ0v) is 11.1. The number of thioether (sulfide) groups is 1. The van der Waals surface area contributed by atoms with Crippen LogP contribution in [0.3, 0.4) is 0 Å². The molecule has 2 rings (SSSR count). The van der Waals surface area contributed by atoms with Gasteiger partial charge in [-0.1, -0.05) is 0 Å². The molecule has 0 aliphatic rings. The molecule has 0 unspecified atom stereocenters. The Morgan fingerprint density at radius 2 is 2.21 bits per heavy atom. The van der Waals surface area contributed by atoms with Crippen molar-refractivity contribution < 1.29 is 9.53 Å². The van der Waals surface area contributed by atoms with E-state index >= 15 is 0 Å². The molecule has 0 aliphatic carbocycles. The summed E-state index contributed by atoms with van der Waals surface area (Å²) in [6.07, 6.45) is 1.33. The SMILES string of the molecule is CCOCn1c(N)c(SC(N)=O)c2c(N)ncnc21. The second kappa shape index (κ2) is 5.33. The number of carbonyl (C=O) groups is 1. The molecule has 1 amide bonds. The van der Waals surface area contributed by atoms with Gasteiger partial charge in [-0.2, -0.15) is 0 Å². The number of amides is 1. The first-order valence-electron chi connectivity index (χ1n) is 5.49. The second-order valence-corrected chi connectivity index (χ2v) is 4.66. The van der Waals surface area contributed by atoms with Gasteiger partial charge in [-0.25, -0.2) is 9.97 Å². The van der Waals surface area contributed by atoms with Crippen LogP contribution in [0.1, 0.15) is 6.92 Å². The minimum Gasteiger partial charge on any atom is -0.384 e. The molecule has 0 saturated carbocycles. The first kappa shape index (κ1) is 13.4. The lowest BCUT2D eigenvalue weighted by atomic mass is 10.4. The number of nitrogens with two attached hydrogens (primary N) is 3. The number of rotatable bonds is 4. The van der Waals surface area contributed by atoms with Crippen molar-refractivity contribution in [1.29, 1.82) is 0 Å². The van der Waals surface area contributed by atoms with Crippen LogP contribution in [-0.4, -0.2) is 26.4 Å². The molecule has 0 spiro atoms. The van der Waals surface area contributed by atoms with Gasteiger partial charge in [0.1, 0.15) is 30.3 Å². The maximum Gasteiger partial charge on any atom is 0.281 e. The Kier molecular flexibility index (Phi) is 3.76. The maximum atomic E-state index is 11.1. The van der Waals surface area contributed by atoms with Crippen LogP contribution >= 0.6 is 11.8 Å². The highest BCUT2D eigenvalue weighted by molar-refractivity contribution is 8.13. The molecule has 19 heavy (non-hydrogen) atoms. The maximum absolute atomic E-state index is 11.1. The minimum absolute atomic E-state index is 0.217. The largest absolute Gasteiger partial charge is 0.384 e. The van der Waals surface area contributed by atoms with Crippen LogP contribution in [0.2, 0.25) is 0 Å². The number of carbonyl (C=O) groups excluding carboxylic acids is 1. The standard InChI is InChI=1S/C10H14N6O2S/c1-2-18-4-16-8(12)6(19-10(13)17)5-7(11)14-3-15-9(5)16/h3H,2,4,12H2,1H3,(H2,13,17)(H2,11,14,15). The highest BCUT2D eigenvalue weighted by atomic mass is 32.2. The van der Waals surface area contributed by atoms with Crippen LogP contribution in [-0.2, 0) is 11.5 Å². The van der Waals surface area contributed by atoms with Gasteiger partial charge in [0.25, 0.3) is 5.24 Å². The summed E-state index contributed by atoms with van der Waals surface area (Å²) in [7, 11) is 0. The first-order chi connectivity index (χ1) is 9.06. The fourth-order valence-corrected chi connectivity index (χ4v) is 2.41. The van der Waals surface area contributed by atoms with Crippen LogP contribution in [0.4, 0.5) is 16.4 Å². The van der Waals surface area contributed by atoms with Crippen molar-refractivity contribution in [1.82, 2.24) is 14.5 Å². The zero-order chi connectivity index (χ0) is 14.0. The number of hydrogen-bond donors (Lipinski definition) is 3. The molecule has 2 heterocycles. The third kappa shape index (κ3) is 2.42. The number of primary amides is 1. The molecule has 0 fully saturated rings. The Labute approximate surface area is 113 Å². The van der Waals surface area contributed by atoms with Crippen LogP contribution in [0.15, 0.2) is 11.2 Å². The molecule has 8 nitrogen and oxygen atoms in total. The summed E-state index contributed by atoms with van der Waals surface area (Å²) in [5.41, 5.74) is 17.5. The molecule has 102 valence electrons. The topological polar surface area (TPSA) is 135 Å². The van der Waals surface area contributed by atoms with E-state index in [1.165, 1.54) is 6.33 Å². The summed E-state index contributed by atoms with van der Waals surface area (Å²) >= 11 is 0.800. The van der Waals surface area contributed by atoms with E-state index < -0.39 is 5.24 Å². The Morgan fingerprint density at radius 3 is 2.84 bits per heavy atom. The predicted molar refractivity (Wildman–Crippen MR) is 73.4 cm³/mol. The molecule has 2 aromatic heterocycles. The van der Waals surface area contributed by atoms with E-state index in [1.54, 1.807) is 4.57 Å². The minimum atomic E-state index is -0.578. The third-order valence-electron chi connectivity index (χ3n) is 2.49. The normalized spacial score (nSPS) is 11.0. The molecule has 0 aliphatic heterocycles. The lowest BCUT2D eigenvalue weighted by Crippen LogP contribution is -2.07. The summed E-state index contributed by atoms with van der Waals surface area (Å²) in [5.74, 6) is 0.579. The summed E-state index contributed by atoms with van der Waals surface area (Å²) in [6.45, 7) is 2.61. The van der Waals surface area contributed by atoms with Crippen molar-refractivity contribution >= 4 is 39.7 Å². The number of anilines is 2. The van der Waals surface area contributed by atoms with E-state index in [4.69, 9.17) is 21.9 Å². The molecule has 2 aromatic rings. The molecule has 6 N–H and O–H groups in total. The van der Waals surface area contributed by atoms with Gasteiger partial charge in [0, 0.05) is 6.61 Å². The van der Waals surface area contributed by atoms with Gasteiger partial charge in [0.2, 0.25) is 0 Å². The van der Waals surface area contributed by atoms with E-state index in [-0.39, 0.29) is 12.5 Å². The molecular weight excluding hydrogens is 268 g/mol. The van der Waals surface area contributed by atoms with Crippen LogP contribution in [0.25, 0.3) is 11.0 Å². The Balaban J connectivity index is 2.65. The van der Waals surface area contributed by atoms with Gasteiger partial charge in [0.05, 0.1) is 10.3 Å².